The summed E-state index contributed by atoms with van der Waals surface area (Å²) in [4.78, 5) is 21.6. The maximum Gasteiger partial charge on any atom is 0.345 e. The number of hydrogen-bond acceptors (Lipinski definition) is 4. The van der Waals surface area contributed by atoms with E-state index in [1.54, 1.807) is 20.8 Å². The number of carbonyl (C=O) groups is 2. The first-order valence-corrected chi connectivity index (χ1v) is 3.37. The van der Waals surface area contributed by atoms with E-state index in [-0.39, 0.29) is 0 Å². The lowest BCUT2D eigenvalue weighted by Gasteiger charge is -2.30. The molecule has 62 valence electrons. The monoisotopic (exact) mass is 158 g/mol. The van der Waals surface area contributed by atoms with Gasteiger partial charge < -0.3 is 9.47 Å². The standard InChI is InChI=1S/C7H10O4/c1-4-5(8)10-6(9)7(2,3)11-4/h4H,1-3H3. The Hall–Kier alpha value is -0.900. The summed E-state index contributed by atoms with van der Waals surface area (Å²) in [5.41, 5.74) is -0.993. The predicted molar refractivity (Wildman–Crippen MR) is 35.7 cm³/mol. The number of carbonyl (C=O) groups excluding carboxylic acids is 2. The Bertz CT molecular complexity index is 206. The molecule has 1 aliphatic heterocycles. The topological polar surface area (TPSA) is 52.6 Å². The number of ether oxygens (including phenoxy) is 2. The Morgan fingerprint density at radius 3 is 2.36 bits per heavy atom. The molecule has 0 amide bonds. The molecule has 0 spiro atoms. The molecule has 1 heterocycles. The van der Waals surface area contributed by atoms with Crippen LogP contribution in [0.25, 0.3) is 0 Å². The number of hydrogen-bond donors (Lipinski definition) is 0. The van der Waals surface area contributed by atoms with Gasteiger partial charge in [-0.25, -0.2) is 9.59 Å². The molecule has 1 unspecified atom stereocenters. The molecule has 4 heteroatoms. The average molecular weight is 158 g/mol. The fourth-order valence-corrected chi connectivity index (χ4v) is 0.835. The molecule has 1 fully saturated rings. The van der Waals surface area contributed by atoms with E-state index in [2.05, 4.69) is 4.74 Å². The van der Waals surface area contributed by atoms with Crippen LogP contribution in [0, 0.1) is 0 Å². The van der Waals surface area contributed by atoms with Crippen LogP contribution in [0.3, 0.4) is 0 Å². The van der Waals surface area contributed by atoms with Gasteiger partial charge in [-0.1, -0.05) is 0 Å². The minimum absolute atomic E-state index is 0.616. The van der Waals surface area contributed by atoms with Crippen molar-refractivity contribution >= 4 is 11.9 Å². The fourth-order valence-electron chi connectivity index (χ4n) is 0.835. The third-order valence-electron chi connectivity index (χ3n) is 1.49. The summed E-state index contributed by atoms with van der Waals surface area (Å²) in [7, 11) is 0. The van der Waals surface area contributed by atoms with Crippen molar-refractivity contribution in [3.63, 3.8) is 0 Å². The average Bonchev–Trinajstić information content (AvgIpc) is 1.83. The number of cyclic esters (lactones) is 2. The molecule has 1 rings (SSSR count). The van der Waals surface area contributed by atoms with Gasteiger partial charge in [0.05, 0.1) is 0 Å². The van der Waals surface area contributed by atoms with Crippen molar-refractivity contribution in [3.8, 4) is 0 Å². The SMILES string of the molecule is CC1OC(C)(C)C(=O)OC1=O. The van der Waals surface area contributed by atoms with Crippen molar-refractivity contribution in [1.82, 2.24) is 0 Å². The molecular formula is C7H10O4. The first kappa shape index (κ1) is 8.20. The predicted octanol–water partition coefficient (Wildman–Crippen LogP) is 0.254. The van der Waals surface area contributed by atoms with Crippen molar-refractivity contribution in [1.29, 1.82) is 0 Å². The minimum Gasteiger partial charge on any atom is -0.389 e. The Labute approximate surface area is 64.5 Å². The highest BCUT2D eigenvalue weighted by Gasteiger charge is 2.41. The van der Waals surface area contributed by atoms with Gasteiger partial charge >= 0.3 is 11.9 Å². The largest absolute Gasteiger partial charge is 0.389 e. The lowest BCUT2D eigenvalue weighted by molar-refractivity contribution is -0.204. The van der Waals surface area contributed by atoms with Gasteiger partial charge in [0.1, 0.15) is 0 Å². The molecule has 0 saturated carbocycles. The molecule has 1 saturated heterocycles. The summed E-state index contributed by atoms with van der Waals surface area (Å²) < 4.78 is 9.48. The normalized spacial score (nSPS) is 29.9. The molecule has 0 aromatic rings. The van der Waals surface area contributed by atoms with Crippen molar-refractivity contribution in [2.75, 3.05) is 0 Å². The van der Waals surface area contributed by atoms with E-state index >= 15 is 0 Å². The second-order valence-corrected chi connectivity index (χ2v) is 2.98. The molecule has 0 aromatic carbocycles. The Balaban J connectivity index is 2.79. The third-order valence-corrected chi connectivity index (χ3v) is 1.49. The van der Waals surface area contributed by atoms with Crippen molar-refractivity contribution in [2.45, 2.75) is 32.5 Å². The van der Waals surface area contributed by atoms with Crippen LogP contribution >= 0.6 is 0 Å². The van der Waals surface area contributed by atoms with E-state index in [0.29, 0.717) is 0 Å². The van der Waals surface area contributed by atoms with Gasteiger partial charge in [0.15, 0.2) is 11.7 Å². The highest BCUT2D eigenvalue weighted by molar-refractivity contribution is 5.94. The van der Waals surface area contributed by atoms with Gasteiger partial charge in [-0.15, -0.1) is 0 Å². The second kappa shape index (κ2) is 2.30. The minimum atomic E-state index is -0.993. The van der Waals surface area contributed by atoms with Crippen LogP contribution < -0.4 is 0 Å². The van der Waals surface area contributed by atoms with Crippen molar-refractivity contribution in [2.24, 2.45) is 0 Å². The smallest absolute Gasteiger partial charge is 0.345 e. The van der Waals surface area contributed by atoms with E-state index in [0.717, 1.165) is 0 Å². The highest BCUT2D eigenvalue weighted by atomic mass is 16.7. The molecule has 11 heavy (non-hydrogen) atoms. The fraction of sp³-hybridized carbons (Fsp3) is 0.714. The zero-order valence-electron chi connectivity index (χ0n) is 6.71. The first-order chi connectivity index (χ1) is 4.93. The van der Waals surface area contributed by atoms with Crippen molar-refractivity contribution < 1.29 is 19.1 Å². The van der Waals surface area contributed by atoms with E-state index in [9.17, 15) is 9.59 Å². The van der Waals surface area contributed by atoms with E-state index in [4.69, 9.17) is 4.74 Å². The van der Waals surface area contributed by atoms with E-state index < -0.39 is 23.6 Å². The van der Waals surface area contributed by atoms with Gasteiger partial charge in [0, 0.05) is 0 Å². The van der Waals surface area contributed by atoms with Crippen LogP contribution in [0.4, 0.5) is 0 Å². The maximum absolute atomic E-state index is 10.9. The number of esters is 2. The van der Waals surface area contributed by atoms with Crippen LogP contribution in [0.5, 0.6) is 0 Å². The Morgan fingerprint density at radius 2 is 1.91 bits per heavy atom. The van der Waals surface area contributed by atoms with Crippen LogP contribution in [-0.4, -0.2) is 23.6 Å². The Morgan fingerprint density at radius 1 is 1.36 bits per heavy atom. The van der Waals surface area contributed by atoms with Crippen LogP contribution in [0.2, 0.25) is 0 Å². The summed E-state index contributed by atoms with van der Waals surface area (Å²) in [5.74, 6) is -1.24. The second-order valence-electron chi connectivity index (χ2n) is 2.98. The van der Waals surface area contributed by atoms with E-state index in [1.807, 2.05) is 0 Å². The summed E-state index contributed by atoms with van der Waals surface area (Å²) >= 11 is 0. The molecular weight excluding hydrogens is 148 g/mol. The summed E-state index contributed by atoms with van der Waals surface area (Å²) in [6.45, 7) is 4.69. The number of rotatable bonds is 0. The van der Waals surface area contributed by atoms with Crippen LogP contribution in [0.1, 0.15) is 20.8 Å². The molecule has 0 N–H and O–H groups in total. The quantitative estimate of drug-likeness (QED) is 0.374. The van der Waals surface area contributed by atoms with Gasteiger partial charge in [0.2, 0.25) is 0 Å². The van der Waals surface area contributed by atoms with Gasteiger partial charge in [0.25, 0.3) is 0 Å². The molecule has 0 radical (unpaired) electrons. The maximum atomic E-state index is 10.9. The summed E-state index contributed by atoms with van der Waals surface area (Å²) in [6, 6.07) is 0. The molecule has 1 aliphatic rings. The molecule has 0 aliphatic carbocycles. The molecule has 4 nitrogen and oxygen atoms in total. The molecule has 1 atom stereocenters. The zero-order chi connectivity index (χ0) is 8.65. The first-order valence-electron chi connectivity index (χ1n) is 3.37. The van der Waals surface area contributed by atoms with Gasteiger partial charge in [-0.2, -0.15) is 0 Å². The van der Waals surface area contributed by atoms with Crippen molar-refractivity contribution in [3.05, 3.63) is 0 Å². The summed E-state index contributed by atoms with van der Waals surface area (Å²) in [5, 5.41) is 0. The Kier molecular flexibility index (Phi) is 1.72. The van der Waals surface area contributed by atoms with Gasteiger partial charge in [-0.3, -0.25) is 0 Å². The van der Waals surface area contributed by atoms with Crippen LogP contribution in [0.15, 0.2) is 0 Å². The molecule has 0 bridgehead atoms. The molecule has 0 aromatic heterocycles. The lowest BCUT2D eigenvalue weighted by atomic mass is 10.1. The highest BCUT2D eigenvalue weighted by Crippen LogP contribution is 2.20. The van der Waals surface area contributed by atoms with Crippen LogP contribution in [-0.2, 0) is 19.1 Å². The van der Waals surface area contributed by atoms with E-state index in [1.165, 1.54) is 0 Å². The zero-order valence-corrected chi connectivity index (χ0v) is 6.71. The lowest BCUT2D eigenvalue weighted by Crippen LogP contribution is -2.49. The third kappa shape index (κ3) is 1.40. The van der Waals surface area contributed by atoms with Gasteiger partial charge in [-0.05, 0) is 20.8 Å². The summed E-state index contributed by atoms with van der Waals surface area (Å²) in [6.07, 6.45) is -0.650.